The molecule has 1 aromatic rings. The maximum absolute atomic E-state index is 11.0. The molecule has 0 heterocycles. The second kappa shape index (κ2) is 5.80. The van der Waals surface area contributed by atoms with Crippen molar-refractivity contribution in [2.45, 2.75) is 0 Å². The summed E-state index contributed by atoms with van der Waals surface area (Å²) >= 11 is 0. The van der Waals surface area contributed by atoms with E-state index in [1.54, 1.807) is 6.07 Å². The summed E-state index contributed by atoms with van der Waals surface area (Å²) in [5, 5.41) is 10.5. The fourth-order valence-electron chi connectivity index (χ4n) is 0.949. The first-order chi connectivity index (χ1) is 6.16. The second-order valence-electron chi connectivity index (χ2n) is 2.32. The number of carboxylic acid groups (broad SMARTS) is 1. The average molecular weight is 202 g/mol. The van der Waals surface area contributed by atoms with Gasteiger partial charge >= 0.3 is 35.5 Å². The van der Waals surface area contributed by atoms with E-state index in [0.29, 0.717) is 0 Å². The van der Waals surface area contributed by atoms with Gasteiger partial charge in [-0.25, -0.2) is 4.79 Å². The number of ether oxygens (including phenoxy) is 1. The van der Waals surface area contributed by atoms with Crippen molar-refractivity contribution < 1.29 is 49.0 Å². The molecule has 0 fully saturated rings. The molecule has 4 nitrogen and oxygen atoms in total. The molecule has 5 heteroatoms. The van der Waals surface area contributed by atoms with Gasteiger partial charge in [-0.15, -0.1) is 0 Å². The van der Waals surface area contributed by atoms with Gasteiger partial charge in [-0.05, 0) is 6.07 Å². The molecule has 1 aromatic carbocycles. The maximum atomic E-state index is 11.0. The standard InChI is InChI=1S/C9H8O4.Na/c1-13-9(12)7-5-3-2-4-6(7)8(10)11;/h2-5H,1H3,(H,10,11);/q;+1/p-1. The zero-order valence-corrected chi connectivity index (χ0v) is 9.94. The summed E-state index contributed by atoms with van der Waals surface area (Å²) in [6, 6.07) is 5.73. The van der Waals surface area contributed by atoms with Gasteiger partial charge in [0, 0.05) is 5.56 Å². The van der Waals surface area contributed by atoms with Gasteiger partial charge in [0.15, 0.2) is 0 Å². The smallest absolute Gasteiger partial charge is 0.545 e. The molecular formula is C9H7NaO4. The van der Waals surface area contributed by atoms with E-state index in [-0.39, 0.29) is 40.7 Å². The van der Waals surface area contributed by atoms with Gasteiger partial charge in [-0.2, -0.15) is 0 Å². The molecule has 0 spiro atoms. The van der Waals surface area contributed by atoms with E-state index in [0.717, 1.165) is 0 Å². The van der Waals surface area contributed by atoms with Crippen LogP contribution in [0.1, 0.15) is 20.7 Å². The third-order valence-electron chi connectivity index (χ3n) is 1.55. The van der Waals surface area contributed by atoms with E-state index in [1.165, 1.54) is 25.3 Å². The van der Waals surface area contributed by atoms with E-state index in [4.69, 9.17) is 0 Å². The van der Waals surface area contributed by atoms with Crippen LogP contribution in [0.4, 0.5) is 0 Å². The van der Waals surface area contributed by atoms with E-state index in [1.807, 2.05) is 0 Å². The molecule has 0 amide bonds. The van der Waals surface area contributed by atoms with E-state index >= 15 is 0 Å². The SMILES string of the molecule is COC(=O)c1ccccc1C(=O)[O-].[Na+]. The number of methoxy groups -OCH3 is 1. The number of carboxylic acids is 1. The minimum absolute atomic E-state index is 0. The van der Waals surface area contributed by atoms with Gasteiger partial charge < -0.3 is 14.6 Å². The summed E-state index contributed by atoms with van der Waals surface area (Å²) in [5.41, 5.74) is -0.153. The van der Waals surface area contributed by atoms with Crippen LogP contribution in [0.3, 0.4) is 0 Å². The van der Waals surface area contributed by atoms with Gasteiger partial charge in [-0.1, -0.05) is 18.2 Å². The van der Waals surface area contributed by atoms with Gasteiger partial charge in [0.1, 0.15) is 0 Å². The van der Waals surface area contributed by atoms with Crippen LogP contribution < -0.4 is 34.7 Å². The van der Waals surface area contributed by atoms with Crippen molar-refractivity contribution in [3.05, 3.63) is 35.4 Å². The summed E-state index contributed by atoms with van der Waals surface area (Å²) in [5.74, 6) is -2.07. The Morgan fingerprint density at radius 2 is 1.71 bits per heavy atom. The Balaban J connectivity index is 0.00000169. The molecule has 0 saturated heterocycles. The van der Waals surface area contributed by atoms with Gasteiger partial charge in [0.05, 0.1) is 18.6 Å². The second-order valence-corrected chi connectivity index (χ2v) is 2.32. The monoisotopic (exact) mass is 202 g/mol. The molecule has 0 aromatic heterocycles. The van der Waals surface area contributed by atoms with Crippen molar-refractivity contribution in [3.63, 3.8) is 0 Å². The molecule has 0 saturated carbocycles. The van der Waals surface area contributed by atoms with Crippen molar-refractivity contribution in [3.8, 4) is 0 Å². The van der Waals surface area contributed by atoms with Crippen LogP contribution in [0.2, 0.25) is 0 Å². The van der Waals surface area contributed by atoms with Crippen molar-refractivity contribution in [2.24, 2.45) is 0 Å². The number of carbonyl (C=O) groups is 2. The number of benzene rings is 1. The summed E-state index contributed by atoms with van der Waals surface area (Å²) in [6.45, 7) is 0. The van der Waals surface area contributed by atoms with Crippen LogP contribution in [-0.4, -0.2) is 19.0 Å². The Labute approximate surface area is 103 Å². The van der Waals surface area contributed by atoms with E-state index in [2.05, 4.69) is 4.74 Å². The minimum atomic E-state index is -1.39. The largest absolute Gasteiger partial charge is 1.00 e. The minimum Gasteiger partial charge on any atom is -0.545 e. The van der Waals surface area contributed by atoms with Crippen LogP contribution in [-0.2, 0) is 4.74 Å². The van der Waals surface area contributed by atoms with Crippen molar-refractivity contribution in [2.75, 3.05) is 7.11 Å². The number of hydrogen-bond donors (Lipinski definition) is 0. The molecule has 0 N–H and O–H groups in total. The number of esters is 1. The molecule has 0 aliphatic heterocycles. The molecule has 0 atom stereocenters. The molecule has 14 heavy (non-hydrogen) atoms. The van der Waals surface area contributed by atoms with E-state index < -0.39 is 11.9 Å². The zero-order chi connectivity index (χ0) is 9.84. The number of carbonyl (C=O) groups excluding carboxylic acids is 2. The molecule has 0 bridgehead atoms. The maximum Gasteiger partial charge on any atom is 1.00 e. The molecule has 0 aliphatic carbocycles. The third-order valence-corrected chi connectivity index (χ3v) is 1.55. The van der Waals surface area contributed by atoms with Gasteiger partial charge in [0.25, 0.3) is 0 Å². The van der Waals surface area contributed by atoms with E-state index in [9.17, 15) is 14.7 Å². The quantitative estimate of drug-likeness (QED) is 0.375. The molecule has 0 unspecified atom stereocenters. The first kappa shape index (κ1) is 13.2. The summed E-state index contributed by atoms with van der Waals surface area (Å²) in [4.78, 5) is 21.5. The summed E-state index contributed by atoms with van der Waals surface area (Å²) in [7, 11) is 1.19. The van der Waals surface area contributed by atoms with Gasteiger partial charge in [0.2, 0.25) is 0 Å². The van der Waals surface area contributed by atoms with Crippen molar-refractivity contribution in [1.82, 2.24) is 0 Å². The van der Waals surface area contributed by atoms with Crippen LogP contribution in [0.5, 0.6) is 0 Å². The number of rotatable bonds is 2. The fourth-order valence-corrected chi connectivity index (χ4v) is 0.949. The summed E-state index contributed by atoms with van der Waals surface area (Å²) < 4.78 is 4.40. The predicted octanol–water partition coefficient (Wildman–Crippen LogP) is -3.16. The number of hydrogen-bond acceptors (Lipinski definition) is 4. The molecular weight excluding hydrogens is 195 g/mol. The molecule has 68 valence electrons. The van der Waals surface area contributed by atoms with Crippen LogP contribution in [0.15, 0.2) is 24.3 Å². The average Bonchev–Trinajstić information content (AvgIpc) is 2.16. The van der Waals surface area contributed by atoms with Crippen LogP contribution in [0, 0.1) is 0 Å². The molecule has 1 rings (SSSR count). The Morgan fingerprint density at radius 3 is 2.14 bits per heavy atom. The molecule has 0 radical (unpaired) electrons. The fraction of sp³-hybridized carbons (Fsp3) is 0.111. The zero-order valence-electron chi connectivity index (χ0n) is 7.94. The Kier molecular flexibility index (Phi) is 5.45. The van der Waals surface area contributed by atoms with Crippen LogP contribution in [0.25, 0.3) is 0 Å². The number of aromatic carboxylic acids is 1. The van der Waals surface area contributed by atoms with Crippen LogP contribution >= 0.6 is 0 Å². The van der Waals surface area contributed by atoms with Crippen molar-refractivity contribution in [1.29, 1.82) is 0 Å². The first-order valence-electron chi connectivity index (χ1n) is 3.55. The topological polar surface area (TPSA) is 66.4 Å². The molecule has 0 aliphatic rings. The van der Waals surface area contributed by atoms with Crippen molar-refractivity contribution >= 4 is 11.9 Å². The Morgan fingerprint density at radius 1 is 1.21 bits per heavy atom. The third kappa shape index (κ3) is 2.83. The Bertz CT molecular complexity index is 348. The first-order valence-corrected chi connectivity index (χ1v) is 3.55. The van der Waals surface area contributed by atoms with Gasteiger partial charge in [-0.3, -0.25) is 0 Å². The summed E-state index contributed by atoms with van der Waals surface area (Å²) in [6.07, 6.45) is 0. The normalized spacial score (nSPS) is 8.64. The Hall–Kier alpha value is -0.840. The predicted molar refractivity (Wildman–Crippen MR) is 42.1 cm³/mol.